The molecule has 0 atom stereocenters. The molecule has 1 saturated heterocycles. The molecule has 0 unspecified atom stereocenters. The van der Waals surface area contributed by atoms with Crippen LogP contribution in [0.25, 0.3) is 0 Å². The highest BCUT2D eigenvalue weighted by Gasteiger charge is 2.21. The fourth-order valence-corrected chi connectivity index (χ4v) is 2.44. The van der Waals surface area contributed by atoms with E-state index < -0.39 is 5.91 Å². The van der Waals surface area contributed by atoms with E-state index in [-0.39, 0.29) is 11.7 Å². The lowest BCUT2D eigenvalue weighted by molar-refractivity contribution is -0.112. The van der Waals surface area contributed by atoms with Gasteiger partial charge in [0.25, 0.3) is 5.91 Å². The summed E-state index contributed by atoms with van der Waals surface area (Å²) in [5.74, 6) is -0.504. The van der Waals surface area contributed by atoms with Gasteiger partial charge in [0.1, 0.15) is 11.6 Å². The molecule has 0 radical (unpaired) electrons. The van der Waals surface area contributed by atoms with E-state index in [1.807, 2.05) is 11.0 Å². The molecule has 0 aliphatic carbocycles. The summed E-state index contributed by atoms with van der Waals surface area (Å²) in [4.78, 5) is 27.0. The third-order valence-corrected chi connectivity index (χ3v) is 3.74. The van der Waals surface area contributed by atoms with Gasteiger partial charge in [0.05, 0.1) is 7.11 Å². The summed E-state index contributed by atoms with van der Waals surface area (Å²) >= 11 is 5.87. The van der Waals surface area contributed by atoms with E-state index in [0.717, 1.165) is 0 Å². The minimum Gasteiger partial charge on any atom is -0.453 e. The van der Waals surface area contributed by atoms with Crippen LogP contribution in [0.2, 0.25) is 5.02 Å². The summed E-state index contributed by atoms with van der Waals surface area (Å²) in [6.45, 7) is 1.98. The fourth-order valence-electron chi connectivity index (χ4n) is 2.25. The molecule has 8 heteroatoms. The van der Waals surface area contributed by atoms with Crippen molar-refractivity contribution in [2.75, 3.05) is 38.6 Å². The molecule has 1 heterocycles. The summed E-state index contributed by atoms with van der Waals surface area (Å²) in [7, 11) is 1.34. The number of benzene rings is 1. The molecule has 1 aliphatic heterocycles. The summed E-state index contributed by atoms with van der Waals surface area (Å²) in [6, 6.07) is 8.59. The Kier molecular flexibility index (Phi) is 6.04. The Hall–Kier alpha value is -2.72. The Balaban J connectivity index is 1.98. The molecule has 0 saturated carbocycles. The van der Waals surface area contributed by atoms with Gasteiger partial charge in [0.2, 0.25) is 0 Å². The molecule has 0 bridgehead atoms. The fraction of sp³-hybridized carbons (Fsp3) is 0.312. The predicted molar refractivity (Wildman–Crippen MR) is 89.3 cm³/mol. The first kappa shape index (κ1) is 17.6. The molecular formula is C16H17ClN4O3. The Morgan fingerprint density at radius 1 is 1.33 bits per heavy atom. The van der Waals surface area contributed by atoms with Crippen molar-refractivity contribution in [3.8, 4) is 6.07 Å². The average molecular weight is 349 g/mol. The molecule has 0 spiro atoms. The van der Waals surface area contributed by atoms with E-state index >= 15 is 0 Å². The van der Waals surface area contributed by atoms with Crippen molar-refractivity contribution in [1.82, 2.24) is 9.80 Å². The number of hydrogen-bond acceptors (Lipinski definition) is 5. The number of methoxy groups -OCH3 is 1. The van der Waals surface area contributed by atoms with Gasteiger partial charge in [-0.3, -0.25) is 4.79 Å². The van der Waals surface area contributed by atoms with E-state index in [1.165, 1.54) is 13.3 Å². The molecule has 1 aromatic carbocycles. The first-order chi connectivity index (χ1) is 11.5. The van der Waals surface area contributed by atoms with Crippen molar-refractivity contribution in [1.29, 1.82) is 5.26 Å². The number of carbonyl (C=O) groups excluding carboxylic acids is 2. The van der Waals surface area contributed by atoms with Crippen LogP contribution in [0.1, 0.15) is 0 Å². The molecule has 126 valence electrons. The number of rotatable bonds is 3. The van der Waals surface area contributed by atoms with Gasteiger partial charge in [0, 0.05) is 43.1 Å². The van der Waals surface area contributed by atoms with E-state index in [1.54, 1.807) is 29.2 Å². The minimum absolute atomic E-state index is 0.0125. The second kappa shape index (κ2) is 8.22. The van der Waals surface area contributed by atoms with E-state index in [2.05, 4.69) is 10.1 Å². The van der Waals surface area contributed by atoms with Crippen LogP contribution in [0.5, 0.6) is 0 Å². The maximum atomic E-state index is 12.2. The quantitative estimate of drug-likeness (QED) is 0.667. The van der Waals surface area contributed by atoms with Crippen LogP contribution in [0.4, 0.5) is 10.5 Å². The zero-order valence-corrected chi connectivity index (χ0v) is 13.9. The smallest absolute Gasteiger partial charge is 0.409 e. The molecule has 2 rings (SSSR count). The topological polar surface area (TPSA) is 85.7 Å². The van der Waals surface area contributed by atoms with Gasteiger partial charge < -0.3 is 19.9 Å². The van der Waals surface area contributed by atoms with Gasteiger partial charge in [-0.2, -0.15) is 5.26 Å². The van der Waals surface area contributed by atoms with Crippen molar-refractivity contribution in [3.63, 3.8) is 0 Å². The van der Waals surface area contributed by atoms with Crippen molar-refractivity contribution >= 4 is 29.3 Å². The standard InChI is InChI=1S/C16H17ClN4O3/c1-24-16(23)21-7-5-20(6-8-21)11-12(10-18)15(22)19-14-4-2-3-13(17)9-14/h2-4,9,11H,5-8H2,1H3,(H,19,22)/b12-11-. The maximum Gasteiger partial charge on any atom is 0.409 e. The Morgan fingerprint density at radius 3 is 2.62 bits per heavy atom. The number of nitrogens with zero attached hydrogens (tertiary/aromatic N) is 3. The molecule has 1 aromatic rings. The molecule has 24 heavy (non-hydrogen) atoms. The number of piperazine rings is 1. The number of anilines is 1. The summed E-state index contributed by atoms with van der Waals surface area (Å²) in [5.41, 5.74) is 0.505. The first-order valence-corrected chi connectivity index (χ1v) is 7.67. The number of hydrogen-bond donors (Lipinski definition) is 1. The normalized spacial score (nSPS) is 14.8. The second-order valence-electron chi connectivity index (χ2n) is 5.11. The average Bonchev–Trinajstić information content (AvgIpc) is 2.59. The molecule has 1 N–H and O–H groups in total. The SMILES string of the molecule is COC(=O)N1CCN(/C=C(/C#N)C(=O)Nc2cccc(Cl)c2)CC1. The second-order valence-corrected chi connectivity index (χ2v) is 5.55. The van der Waals surface area contributed by atoms with Gasteiger partial charge in [-0.05, 0) is 18.2 Å². The number of nitriles is 1. The van der Waals surface area contributed by atoms with Gasteiger partial charge >= 0.3 is 6.09 Å². The monoisotopic (exact) mass is 348 g/mol. The van der Waals surface area contributed by atoms with Crippen LogP contribution in [-0.4, -0.2) is 55.1 Å². The molecular weight excluding hydrogens is 332 g/mol. The van der Waals surface area contributed by atoms with Crippen LogP contribution in [0.3, 0.4) is 0 Å². The highest BCUT2D eigenvalue weighted by atomic mass is 35.5. The maximum absolute atomic E-state index is 12.2. The number of amides is 2. The van der Waals surface area contributed by atoms with Crippen molar-refractivity contribution in [2.45, 2.75) is 0 Å². The van der Waals surface area contributed by atoms with Crippen molar-refractivity contribution in [2.24, 2.45) is 0 Å². The summed E-state index contributed by atoms with van der Waals surface area (Å²) in [5, 5.41) is 12.4. The third kappa shape index (κ3) is 4.64. The molecule has 1 fully saturated rings. The van der Waals surface area contributed by atoms with Crippen LogP contribution in [0.15, 0.2) is 36.0 Å². The first-order valence-electron chi connectivity index (χ1n) is 7.29. The van der Waals surface area contributed by atoms with Crippen LogP contribution >= 0.6 is 11.6 Å². The van der Waals surface area contributed by atoms with Crippen LogP contribution < -0.4 is 5.32 Å². The minimum atomic E-state index is -0.504. The lowest BCUT2D eigenvalue weighted by atomic mass is 10.2. The molecule has 0 aromatic heterocycles. The highest BCUT2D eigenvalue weighted by Crippen LogP contribution is 2.16. The van der Waals surface area contributed by atoms with E-state index in [4.69, 9.17) is 11.6 Å². The number of carbonyl (C=O) groups is 2. The van der Waals surface area contributed by atoms with E-state index in [9.17, 15) is 14.9 Å². The lowest BCUT2D eigenvalue weighted by Crippen LogP contribution is -2.47. The number of ether oxygens (including phenoxy) is 1. The van der Waals surface area contributed by atoms with Crippen molar-refractivity contribution in [3.05, 3.63) is 41.1 Å². The van der Waals surface area contributed by atoms with Gasteiger partial charge in [-0.25, -0.2) is 4.79 Å². The summed E-state index contributed by atoms with van der Waals surface area (Å²) < 4.78 is 4.67. The molecule has 1 aliphatic rings. The van der Waals surface area contributed by atoms with Crippen molar-refractivity contribution < 1.29 is 14.3 Å². The third-order valence-electron chi connectivity index (χ3n) is 3.51. The molecule has 7 nitrogen and oxygen atoms in total. The van der Waals surface area contributed by atoms with E-state index in [0.29, 0.717) is 36.9 Å². The van der Waals surface area contributed by atoms with Gasteiger partial charge in [0.15, 0.2) is 0 Å². The predicted octanol–water partition coefficient (Wildman–Crippen LogP) is 2.07. The van der Waals surface area contributed by atoms with Crippen LogP contribution in [-0.2, 0) is 9.53 Å². The largest absolute Gasteiger partial charge is 0.453 e. The van der Waals surface area contributed by atoms with Gasteiger partial charge in [-0.15, -0.1) is 0 Å². The highest BCUT2D eigenvalue weighted by molar-refractivity contribution is 6.31. The Bertz CT molecular complexity index is 691. The molecule has 2 amide bonds. The number of halogens is 1. The number of nitrogens with one attached hydrogen (secondary N) is 1. The van der Waals surface area contributed by atoms with Crippen LogP contribution in [0, 0.1) is 11.3 Å². The Labute approximate surface area is 145 Å². The zero-order chi connectivity index (χ0) is 17.5. The zero-order valence-electron chi connectivity index (χ0n) is 13.2. The lowest BCUT2D eigenvalue weighted by Gasteiger charge is -2.33. The van der Waals surface area contributed by atoms with Gasteiger partial charge in [-0.1, -0.05) is 17.7 Å². The Morgan fingerprint density at radius 2 is 2.04 bits per heavy atom. The summed E-state index contributed by atoms with van der Waals surface area (Å²) in [6.07, 6.45) is 1.13.